The molecular weight excluding hydrogens is 228 g/mol. The van der Waals surface area contributed by atoms with Crippen molar-refractivity contribution >= 4 is 0 Å². The SMILES string of the molecule is CN(CCN(C)Cc1ncc[nH]1)Cc1ncc[nH]1. The van der Waals surface area contributed by atoms with E-state index < -0.39 is 0 Å². The molecule has 0 unspecified atom stereocenters. The van der Waals surface area contributed by atoms with E-state index in [9.17, 15) is 0 Å². The Bertz CT molecular complexity index is 379. The topological polar surface area (TPSA) is 63.8 Å². The van der Waals surface area contributed by atoms with Gasteiger partial charge in [-0.3, -0.25) is 9.80 Å². The molecule has 2 N–H and O–H groups in total. The Morgan fingerprint density at radius 1 is 0.889 bits per heavy atom. The fourth-order valence-electron chi connectivity index (χ4n) is 1.78. The predicted octanol–water partition coefficient (Wildman–Crippen LogP) is 0.697. The molecule has 0 bridgehead atoms. The maximum Gasteiger partial charge on any atom is 0.120 e. The number of hydrogen-bond acceptors (Lipinski definition) is 4. The fourth-order valence-corrected chi connectivity index (χ4v) is 1.78. The molecule has 0 fully saturated rings. The third kappa shape index (κ3) is 3.97. The third-order valence-electron chi connectivity index (χ3n) is 2.81. The second-order valence-electron chi connectivity index (χ2n) is 4.55. The first-order chi connectivity index (χ1) is 8.74. The second-order valence-corrected chi connectivity index (χ2v) is 4.55. The van der Waals surface area contributed by atoms with E-state index in [0.717, 1.165) is 37.8 Å². The molecule has 0 aliphatic carbocycles. The summed E-state index contributed by atoms with van der Waals surface area (Å²) in [7, 11) is 4.20. The lowest BCUT2D eigenvalue weighted by molar-refractivity contribution is 0.241. The summed E-state index contributed by atoms with van der Waals surface area (Å²) in [6, 6.07) is 0. The molecule has 18 heavy (non-hydrogen) atoms. The van der Waals surface area contributed by atoms with Crippen LogP contribution in [-0.4, -0.2) is 56.9 Å². The Morgan fingerprint density at radius 3 is 1.67 bits per heavy atom. The predicted molar refractivity (Wildman–Crippen MR) is 69.8 cm³/mol. The van der Waals surface area contributed by atoms with E-state index in [-0.39, 0.29) is 0 Å². The molecule has 98 valence electrons. The number of rotatable bonds is 7. The summed E-state index contributed by atoms with van der Waals surface area (Å²) < 4.78 is 0. The monoisotopic (exact) mass is 248 g/mol. The van der Waals surface area contributed by atoms with Crippen LogP contribution in [0.1, 0.15) is 11.6 Å². The third-order valence-corrected chi connectivity index (χ3v) is 2.81. The molecule has 0 aliphatic rings. The molecule has 0 radical (unpaired) electrons. The Labute approximate surface area is 107 Å². The van der Waals surface area contributed by atoms with Crippen molar-refractivity contribution in [2.45, 2.75) is 13.1 Å². The van der Waals surface area contributed by atoms with Crippen LogP contribution in [0.3, 0.4) is 0 Å². The normalized spacial score (nSPS) is 11.6. The smallest absolute Gasteiger partial charge is 0.120 e. The van der Waals surface area contributed by atoms with Crippen molar-refractivity contribution in [1.82, 2.24) is 29.7 Å². The highest BCUT2D eigenvalue weighted by Gasteiger charge is 2.05. The summed E-state index contributed by atoms with van der Waals surface area (Å²) in [4.78, 5) is 19.2. The molecule has 2 rings (SSSR count). The van der Waals surface area contributed by atoms with E-state index in [4.69, 9.17) is 0 Å². The fraction of sp³-hybridized carbons (Fsp3) is 0.500. The summed E-state index contributed by atoms with van der Waals surface area (Å²) in [5.41, 5.74) is 0. The molecule has 0 aromatic carbocycles. The van der Waals surface area contributed by atoms with Crippen molar-refractivity contribution in [2.75, 3.05) is 27.2 Å². The first-order valence-electron chi connectivity index (χ1n) is 6.07. The number of likely N-dealkylation sites (N-methyl/N-ethyl adjacent to an activating group) is 2. The van der Waals surface area contributed by atoms with Crippen molar-refractivity contribution in [1.29, 1.82) is 0 Å². The van der Waals surface area contributed by atoms with Crippen molar-refractivity contribution in [3.05, 3.63) is 36.4 Å². The number of nitrogens with zero attached hydrogens (tertiary/aromatic N) is 4. The number of aromatic nitrogens is 4. The second kappa shape index (κ2) is 6.32. The first kappa shape index (κ1) is 12.8. The zero-order chi connectivity index (χ0) is 12.8. The molecule has 0 aliphatic heterocycles. The van der Waals surface area contributed by atoms with Gasteiger partial charge in [0.1, 0.15) is 11.6 Å². The highest BCUT2D eigenvalue weighted by atomic mass is 15.2. The van der Waals surface area contributed by atoms with E-state index in [0.29, 0.717) is 0 Å². The van der Waals surface area contributed by atoms with E-state index >= 15 is 0 Å². The van der Waals surface area contributed by atoms with Gasteiger partial charge in [0.05, 0.1) is 13.1 Å². The lowest BCUT2D eigenvalue weighted by Gasteiger charge is -2.20. The van der Waals surface area contributed by atoms with Gasteiger partial charge in [0.15, 0.2) is 0 Å². The summed E-state index contributed by atoms with van der Waals surface area (Å²) in [5, 5.41) is 0. The highest BCUT2D eigenvalue weighted by molar-refractivity contribution is 4.87. The van der Waals surface area contributed by atoms with Gasteiger partial charge in [-0.05, 0) is 14.1 Å². The maximum atomic E-state index is 4.22. The van der Waals surface area contributed by atoms with Gasteiger partial charge < -0.3 is 9.97 Å². The Balaban J connectivity index is 1.67. The van der Waals surface area contributed by atoms with Crippen LogP contribution in [0.5, 0.6) is 0 Å². The maximum absolute atomic E-state index is 4.22. The number of nitrogens with one attached hydrogen (secondary N) is 2. The van der Waals surface area contributed by atoms with Gasteiger partial charge in [0, 0.05) is 37.9 Å². The van der Waals surface area contributed by atoms with E-state index in [1.807, 2.05) is 12.4 Å². The van der Waals surface area contributed by atoms with Crippen molar-refractivity contribution < 1.29 is 0 Å². The standard InChI is InChI=1S/C12H20N6/c1-17(9-11-13-3-4-14-11)7-8-18(2)10-12-15-5-6-16-12/h3-6H,7-10H2,1-2H3,(H,13,14)(H,15,16). The minimum absolute atomic E-state index is 0.849. The summed E-state index contributed by atoms with van der Waals surface area (Å²) in [6.45, 7) is 3.69. The molecule has 2 aromatic heterocycles. The molecule has 0 atom stereocenters. The van der Waals surface area contributed by atoms with Crippen LogP contribution >= 0.6 is 0 Å². The first-order valence-corrected chi connectivity index (χ1v) is 6.07. The van der Waals surface area contributed by atoms with E-state index in [1.165, 1.54) is 0 Å². The minimum atomic E-state index is 0.849. The van der Waals surface area contributed by atoms with Gasteiger partial charge >= 0.3 is 0 Å². The Kier molecular flexibility index (Phi) is 4.49. The molecule has 6 heteroatoms. The molecule has 0 saturated heterocycles. The molecule has 0 amide bonds. The number of aromatic amines is 2. The number of imidazole rings is 2. The highest BCUT2D eigenvalue weighted by Crippen LogP contribution is 1.98. The Hall–Kier alpha value is -1.66. The van der Waals surface area contributed by atoms with Gasteiger partial charge in [-0.1, -0.05) is 0 Å². The van der Waals surface area contributed by atoms with Crippen LogP contribution in [0.25, 0.3) is 0 Å². The Morgan fingerprint density at radius 2 is 1.33 bits per heavy atom. The zero-order valence-electron chi connectivity index (χ0n) is 10.9. The van der Waals surface area contributed by atoms with Gasteiger partial charge in [-0.2, -0.15) is 0 Å². The lowest BCUT2D eigenvalue weighted by Crippen LogP contribution is -2.30. The average molecular weight is 248 g/mol. The molecular formula is C12H20N6. The van der Waals surface area contributed by atoms with Crippen LogP contribution in [0.15, 0.2) is 24.8 Å². The van der Waals surface area contributed by atoms with Crippen molar-refractivity contribution in [2.24, 2.45) is 0 Å². The average Bonchev–Trinajstić information content (AvgIpc) is 2.99. The molecule has 6 nitrogen and oxygen atoms in total. The number of hydrogen-bond donors (Lipinski definition) is 2. The molecule has 2 heterocycles. The lowest BCUT2D eigenvalue weighted by atomic mass is 10.4. The van der Waals surface area contributed by atoms with Gasteiger partial charge in [-0.15, -0.1) is 0 Å². The zero-order valence-corrected chi connectivity index (χ0v) is 10.9. The van der Waals surface area contributed by atoms with Crippen molar-refractivity contribution in [3.63, 3.8) is 0 Å². The van der Waals surface area contributed by atoms with Crippen molar-refractivity contribution in [3.8, 4) is 0 Å². The van der Waals surface area contributed by atoms with Crippen LogP contribution < -0.4 is 0 Å². The van der Waals surface area contributed by atoms with Gasteiger partial charge in [0.25, 0.3) is 0 Å². The quantitative estimate of drug-likeness (QED) is 0.757. The van der Waals surface area contributed by atoms with Gasteiger partial charge in [0.2, 0.25) is 0 Å². The summed E-state index contributed by atoms with van der Waals surface area (Å²) in [5.74, 6) is 2.01. The van der Waals surface area contributed by atoms with Crippen LogP contribution in [0, 0.1) is 0 Å². The molecule has 0 saturated carbocycles. The largest absolute Gasteiger partial charge is 0.348 e. The van der Waals surface area contributed by atoms with Crippen LogP contribution in [0.4, 0.5) is 0 Å². The molecule has 0 spiro atoms. The van der Waals surface area contributed by atoms with E-state index in [2.05, 4.69) is 43.8 Å². The minimum Gasteiger partial charge on any atom is -0.348 e. The van der Waals surface area contributed by atoms with Crippen LogP contribution in [0.2, 0.25) is 0 Å². The molecule has 2 aromatic rings. The number of H-pyrrole nitrogens is 2. The summed E-state index contributed by atoms with van der Waals surface area (Å²) in [6.07, 6.45) is 7.27. The van der Waals surface area contributed by atoms with Crippen LogP contribution in [-0.2, 0) is 13.1 Å². The van der Waals surface area contributed by atoms with E-state index in [1.54, 1.807) is 12.4 Å². The van der Waals surface area contributed by atoms with Gasteiger partial charge in [-0.25, -0.2) is 9.97 Å². The summed E-state index contributed by atoms with van der Waals surface area (Å²) >= 11 is 0.